The molecule has 0 amide bonds. The summed E-state index contributed by atoms with van der Waals surface area (Å²) in [6, 6.07) is 0. The Morgan fingerprint density at radius 1 is 0.905 bits per heavy atom. The van der Waals surface area contributed by atoms with Gasteiger partial charge in [-0.3, -0.25) is 0 Å². The van der Waals surface area contributed by atoms with E-state index in [0.29, 0.717) is 9.52 Å². The van der Waals surface area contributed by atoms with Crippen LogP contribution in [0.25, 0.3) is 0 Å². The average Bonchev–Trinajstić information content (AvgIpc) is 2.14. The molecule has 3 nitrogen and oxygen atoms in total. The minimum absolute atomic E-state index is 0.372. The molecule has 132 valence electrons. The first-order valence-corrected chi connectivity index (χ1v) is 17.4. The molecule has 0 aromatic carbocycles. The van der Waals surface area contributed by atoms with Crippen molar-refractivity contribution in [3.05, 3.63) is 0 Å². The van der Waals surface area contributed by atoms with E-state index in [1.54, 1.807) is 12.7 Å². The molecule has 0 heterocycles. The maximum atomic E-state index is 3.25. The third-order valence-corrected chi connectivity index (χ3v) is 13.0. The van der Waals surface area contributed by atoms with Crippen LogP contribution in [0.15, 0.2) is 4.99 Å². The first kappa shape index (κ1) is 29.3. The highest BCUT2D eigenvalue weighted by molar-refractivity contribution is 6.82. The molecule has 0 aromatic heterocycles. The van der Waals surface area contributed by atoms with E-state index in [4.69, 9.17) is 0 Å². The van der Waals surface area contributed by atoms with Crippen molar-refractivity contribution in [2.24, 2.45) is 4.99 Å². The van der Waals surface area contributed by atoms with Crippen molar-refractivity contribution in [2.45, 2.75) is 51.5 Å². The van der Waals surface area contributed by atoms with Crippen molar-refractivity contribution in [3.63, 3.8) is 0 Å². The van der Waals surface area contributed by atoms with E-state index in [1.807, 2.05) is 26.0 Å². The van der Waals surface area contributed by atoms with Crippen molar-refractivity contribution in [3.8, 4) is 0 Å². The first-order valence-electron chi connectivity index (χ1n) is 7.78. The normalized spacial score (nSPS) is 11.2. The SMILES string of the molecule is C=NC.CN(C)C.CN(C)[Si](C)(C)C.C[SiH2]C[Si](C)(C)C. The van der Waals surface area contributed by atoms with Gasteiger partial charge in [-0.15, -0.1) is 0 Å². The van der Waals surface area contributed by atoms with Crippen LogP contribution in [0.4, 0.5) is 0 Å². The van der Waals surface area contributed by atoms with Crippen molar-refractivity contribution in [1.82, 2.24) is 9.47 Å². The first-order chi connectivity index (χ1) is 9.15. The van der Waals surface area contributed by atoms with Crippen LogP contribution in [0.5, 0.6) is 0 Å². The van der Waals surface area contributed by atoms with E-state index in [0.717, 1.165) is 0 Å². The monoisotopic (exact) mass is 351 g/mol. The van der Waals surface area contributed by atoms with E-state index in [2.05, 4.69) is 76.2 Å². The molecule has 0 spiro atoms. The molecule has 21 heavy (non-hydrogen) atoms. The Balaban J connectivity index is -0.0000000973. The van der Waals surface area contributed by atoms with Gasteiger partial charge in [0, 0.05) is 24.6 Å². The number of nitrogens with zero attached hydrogens (tertiary/aromatic N) is 3. The predicted octanol–water partition coefficient (Wildman–Crippen LogP) is 3.38. The average molecular weight is 352 g/mol. The molecule has 0 aromatic rings. The zero-order valence-corrected chi connectivity index (χ0v) is 20.9. The Labute approximate surface area is 141 Å². The molecule has 0 atom stereocenters. The lowest BCUT2D eigenvalue weighted by Crippen LogP contribution is -2.39. The Morgan fingerprint density at radius 3 is 1.10 bits per heavy atom. The van der Waals surface area contributed by atoms with Gasteiger partial charge in [0.1, 0.15) is 8.24 Å². The fraction of sp³-hybridized carbons (Fsp3) is 0.933. The molecule has 0 saturated carbocycles. The summed E-state index contributed by atoms with van der Waals surface area (Å²) >= 11 is 0. The van der Waals surface area contributed by atoms with Crippen molar-refractivity contribution in [1.29, 1.82) is 0 Å². The number of rotatable bonds is 3. The summed E-state index contributed by atoms with van der Waals surface area (Å²) in [6.45, 7) is 19.8. The van der Waals surface area contributed by atoms with Crippen LogP contribution in [0.3, 0.4) is 0 Å². The predicted molar refractivity (Wildman–Crippen MR) is 115 cm³/mol. The van der Waals surface area contributed by atoms with Gasteiger partial charge in [0.05, 0.1) is 0 Å². The zero-order valence-electron chi connectivity index (χ0n) is 17.5. The summed E-state index contributed by atoms with van der Waals surface area (Å²) in [7, 11) is 10.8. The molecule has 0 saturated heterocycles. The fourth-order valence-electron chi connectivity index (χ4n) is 0.750. The molecule has 0 bridgehead atoms. The van der Waals surface area contributed by atoms with Crippen LogP contribution >= 0.6 is 0 Å². The van der Waals surface area contributed by atoms with E-state index in [1.165, 1.54) is 0 Å². The smallest absolute Gasteiger partial charge is 0.118 e. The molecule has 0 radical (unpaired) electrons. The van der Waals surface area contributed by atoms with Gasteiger partial charge >= 0.3 is 0 Å². The van der Waals surface area contributed by atoms with Crippen molar-refractivity contribution in [2.75, 3.05) is 42.3 Å². The third-order valence-electron chi connectivity index (χ3n) is 2.34. The minimum Gasteiger partial charge on any atom is -0.329 e. The minimum atomic E-state index is -0.901. The fourth-order valence-corrected chi connectivity index (χ4v) is 6.75. The molecule has 0 fully saturated rings. The summed E-state index contributed by atoms with van der Waals surface area (Å²) in [5.74, 6) is 0. The van der Waals surface area contributed by atoms with Crippen LogP contribution in [0.1, 0.15) is 0 Å². The molecule has 0 N–H and O–H groups in total. The quantitative estimate of drug-likeness (QED) is 0.573. The Hall–Kier alpha value is 0.241. The van der Waals surface area contributed by atoms with Crippen LogP contribution in [-0.4, -0.2) is 84.3 Å². The van der Waals surface area contributed by atoms with Gasteiger partial charge in [-0.05, 0) is 42.0 Å². The van der Waals surface area contributed by atoms with Gasteiger partial charge < -0.3 is 14.5 Å². The Morgan fingerprint density at radius 2 is 1.10 bits per heavy atom. The lowest BCUT2D eigenvalue weighted by atomic mass is 11.0. The second-order valence-electron chi connectivity index (χ2n) is 8.03. The Kier molecular flexibility index (Phi) is 23.2. The maximum Gasteiger partial charge on any atom is 0.118 e. The molecular weight excluding hydrogens is 306 g/mol. The summed E-state index contributed by atoms with van der Waals surface area (Å²) in [5.41, 5.74) is 1.62. The highest BCUT2D eigenvalue weighted by Crippen LogP contribution is 2.04. The van der Waals surface area contributed by atoms with Gasteiger partial charge in [-0.25, -0.2) is 0 Å². The maximum absolute atomic E-state index is 3.25. The third kappa shape index (κ3) is 64.2. The van der Waals surface area contributed by atoms with Gasteiger partial charge in [-0.2, -0.15) is 0 Å². The standard InChI is InChI=1S/C5H15NSi.C5H16Si2.C3H9N.C2H5N/c1-6(2)7(3,4)5;1-6-5-7(2,3)4;1-4(2)3;1-3-2/h1-5H3;5-6H2,1-4H3;1-3H3;1H2,2H3. The lowest BCUT2D eigenvalue weighted by Gasteiger charge is -2.24. The van der Waals surface area contributed by atoms with Crippen LogP contribution < -0.4 is 0 Å². The Bertz CT molecular complexity index is 204. The highest BCUT2D eigenvalue weighted by atomic mass is 28.4. The molecular formula is C15H45N3Si3. The number of aliphatic imine (C=N–C) groups is 1. The molecule has 0 aliphatic rings. The summed E-state index contributed by atoms with van der Waals surface area (Å²) in [4.78, 5) is 5.25. The summed E-state index contributed by atoms with van der Waals surface area (Å²) < 4.78 is 2.33. The molecule has 6 heteroatoms. The van der Waals surface area contributed by atoms with Gasteiger partial charge in [0.15, 0.2) is 0 Å². The zero-order chi connectivity index (χ0) is 18.3. The molecule has 0 aliphatic heterocycles. The molecule has 0 rings (SSSR count). The molecule has 0 unspecified atom stereocenters. The van der Waals surface area contributed by atoms with Gasteiger partial charge in [0.2, 0.25) is 0 Å². The van der Waals surface area contributed by atoms with E-state index >= 15 is 0 Å². The summed E-state index contributed by atoms with van der Waals surface area (Å²) in [6.07, 6.45) is 0. The topological polar surface area (TPSA) is 18.8 Å². The van der Waals surface area contributed by atoms with E-state index in [-0.39, 0.29) is 0 Å². The van der Waals surface area contributed by atoms with E-state index < -0.39 is 16.3 Å². The number of hydrogen-bond acceptors (Lipinski definition) is 3. The van der Waals surface area contributed by atoms with Crippen molar-refractivity contribution < 1.29 is 0 Å². The van der Waals surface area contributed by atoms with Crippen LogP contribution in [0, 0.1) is 0 Å². The van der Waals surface area contributed by atoms with Crippen LogP contribution in [0.2, 0.25) is 51.5 Å². The second kappa shape index (κ2) is 16.6. The van der Waals surface area contributed by atoms with Crippen LogP contribution in [-0.2, 0) is 0 Å². The van der Waals surface area contributed by atoms with Gasteiger partial charge in [0.25, 0.3) is 0 Å². The van der Waals surface area contributed by atoms with Gasteiger partial charge in [-0.1, -0.05) is 51.5 Å². The summed E-state index contributed by atoms with van der Waals surface area (Å²) in [5, 5.41) is 0. The van der Waals surface area contributed by atoms with E-state index in [9.17, 15) is 0 Å². The van der Waals surface area contributed by atoms with Crippen molar-refractivity contribution >= 4 is 32.5 Å². The highest BCUT2D eigenvalue weighted by Gasteiger charge is 2.14. The lowest BCUT2D eigenvalue weighted by molar-refractivity contribution is 0.505. The molecule has 0 aliphatic carbocycles. The largest absolute Gasteiger partial charge is 0.329 e. The number of hydrogen-bond donors (Lipinski definition) is 0. The second-order valence-corrected chi connectivity index (χ2v) is 21.4.